The van der Waals surface area contributed by atoms with Crippen molar-refractivity contribution in [2.45, 2.75) is 25.7 Å². The lowest BCUT2D eigenvalue weighted by Crippen LogP contribution is -2.24. The van der Waals surface area contributed by atoms with Gasteiger partial charge in [0.05, 0.1) is 8.07 Å². The standard InChI is InChI=1S/C7H14N2Si/c1-10(2,3)6-7-8-4-5-9-7/h4-5H,6H2,1-3H3,(H,8,9). The Morgan fingerprint density at radius 3 is 2.60 bits per heavy atom. The lowest BCUT2D eigenvalue weighted by molar-refractivity contribution is 1.08. The topological polar surface area (TPSA) is 28.7 Å². The first kappa shape index (κ1) is 7.53. The summed E-state index contributed by atoms with van der Waals surface area (Å²) in [4.78, 5) is 7.30. The zero-order valence-electron chi connectivity index (χ0n) is 6.81. The molecule has 0 unspecified atom stereocenters. The Balaban J connectivity index is 2.57. The lowest BCUT2D eigenvalue weighted by Gasteiger charge is -2.12. The molecular formula is C7H14N2Si. The number of nitrogens with zero attached hydrogens (tertiary/aromatic N) is 1. The van der Waals surface area contributed by atoms with Gasteiger partial charge >= 0.3 is 0 Å². The Labute approximate surface area is 62.7 Å². The fourth-order valence-corrected chi connectivity index (χ4v) is 2.10. The Hall–Kier alpha value is -0.573. The normalized spacial score (nSPS) is 11.9. The third-order valence-corrected chi connectivity index (χ3v) is 2.65. The maximum absolute atomic E-state index is 4.18. The molecule has 1 N–H and O–H groups in total. The van der Waals surface area contributed by atoms with Crippen molar-refractivity contribution in [1.29, 1.82) is 0 Å². The molecule has 1 aromatic heterocycles. The molecule has 0 radical (unpaired) electrons. The van der Waals surface area contributed by atoms with Crippen LogP contribution in [-0.2, 0) is 6.04 Å². The molecule has 0 aliphatic carbocycles. The van der Waals surface area contributed by atoms with E-state index < -0.39 is 8.07 Å². The molecule has 3 heteroatoms. The van der Waals surface area contributed by atoms with Gasteiger partial charge < -0.3 is 4.98 Å². The first-order valence-electron chi connectivity index (χ1n) is 3.56. The van der Waals surface area contributed by atoms with E-state index in [0.29, 0.717) is 0 Å². The molecule has 0 bridgehead atoms. The summed E-state index contributed by atoms with van der Waals surface area (Å²) in [6, 6.07) is 1.15. The predicted octanol–water partition coefficient (Wildman–Crippen LogP) is 1.83. The first-order valence-corrected chi connectivity index (χ1v) is 7.27. The number of aromatic amines is 1. The van der Waals surface area contributed by atoms with Crippen molar-refractivity contribution in [2.24, 2.45) is 0 Å². The van der Waals surface area contributed by atoms with Gasteiger partial charge in [-0.25, -0.2) is 4.98 Å². The highest BCUT2D eigenvalue weighted by molar-refractivity contribution is 6.75. The van der Waals surface area contributed by atoms with Crippen molar-refractivity contribution < 1.29 is 0 Å². The van der Waals surface area contributed by atoms with Gasteiger partial charge in [-0.2, -0.15) is 0 Å². The lowest BCUT2D eigenvalue weighted by atomic mass is 10.7. The van der Waals surface area contributed by atoms with Crippen LogP contribution in [0.1, 0.15) is 5.82 Å². The molecular weight excluding hydrogens is 140 g/mol. The molecule has 0 aliphatic heterocycles. The van der Waals surface area contributed by atoms with Crippen LogP contribution in [0.2, 0.25) is 19.6 Å². The fourth-order valence-electron chi connectivity index (χ4n) is 0.897. The fraction of sp³-hybridized carbons (Fsp3) is 0.571. The van der Waals surface area contributed by atoms with Crippen LogP contribution in [0.15, 0.2) is 12.4 Å². The van der Waals surface area contributed by atoms with Crippen molar-refractivity contribution >= 4 is 8.07 Å². The second-order valence-electron chi connectivity index (χ2n) is 3.77. The minimum Gasteiger partial charge on any atom is -0.349 e. The van der Waals surface area contributed by atoms with Crippen LogP contribution in [0.5, 0.6) is 0 Å². The molecule has 0 fully saturated rings. The summed E-state index contributed by atoms with van der Waals surface area (Å²) in [5.41, 5.74) is 0. The molecule has 0 amide bonds. The second-order valence-corrected chi connectivity index (χ2v) is 9.25. The molecule has 0 saturated carbocycles. The predicted molar refractivity (Wildman–Crippen MR) is 45.6 cm³/mol. The summed E-state index contributed by atoms with van der Waals surface area (Å²) < 4.78 is 0. The molecule has 56 valence electrons. The number of hydrogen-bond donors (Lipinski definition) is 1. The van der Waals surface area contributed by atoms with Crippen molar-refractivity contribution in [3.63, 3.8) is 0 Å². The summed E-state index contributed by atoms with van der Waals surface area (Å²) in [5, 5.41) is 0. The molecule has 1 aromatic rings. The smallest absolute Gasteiger partial charge is 0.103 e. The first-order chi connectivity index (χ1) is 4.58. The van der Waals surface area contributed by atoms with Crippen LogP contribution in [0.4, 0.5) is 0 Å². The van der Waals surface area contributed by atoms with Gasteiger partial charge in [0.15, 0.2) is 0 Å². The van der Waals surface area contributed by atoms with Crippen LogP contribution < -0.4 is 0 Å². The van der Waals surface area contributed by atoms with Gasteiger partial charge in [0.2, 0.25) is 0 Å². The van der Waals surface area contributed by atoms with E-state index in [-0.39, 0.29) is 0 Å². The Morgan fingerprint density at radius 1 is 1.50 bits per heavy atom. The third kappa shape index (κ3) is 2.35. The maximum Gasteiger partial charge on any atom is 0.103 e. The molecule has 1 heterocycles. The van der Waals surface area contributed by atoms with Crippen LogP contribution in [0.25, 0.3) is 0 Å². The minimum absolute atomic E-state index is 0.956. The number of aromatic nitrogens is 2. The summed E-state index contributed by atoms with van der Waals surface area (Å²) in [6.07, 6.45) is 3.70. The molecule has 1 rings (SSSR count). The van der Waals surface area contributed by atoms with Crippen molar-refractivity contribution in [3.8, 4) is 0 Å². The highest BCUT2D eigenvalue weighted by Gasteiger charge is 2.14. The molecule has 0 saturated heterocycles. The van der Waals surface area contributed by atoms with Crippen molar-refractivity contribution in [2.75, 3.05) is 0 Å². The van der Waals surface area contributed by atoms with Crippen LogP contribution in [-0.4, -0.2) is 18.0 Å². The van der Waals surface area contributed by atoms with E-state index in [4.69, 9.17) is 0 Å². The molecule has 10 heavy (non-hydrogen) atoms. The average molecular weight is 154 g/mol. The van der Waals surface area contributed by atoms with E-state index in [1.54, 1.807) is 0 Å². The van der Waals surface area contributed by atoms with Crippen molar-refractivity contribution in [1.82, 2.24) is 9.97 Å². The molecule has 2 nitrogen and oxygen atoms in total. The number of H-pyrrole nitrogens is 1. The molecule has 0 aliphatic rings. The summed E-state index contributed by atoms with van der Waals surface area (Å²) in [7, 11) is -0.956. The Kier molecular flexibility index (Phi) is 1.94. The van der Waals surface area contributed by atoms with E-state index in [1.165, 1.54) is 0 Å². The van der Waals surface area contributed by atoms with Gasteiger partial charge in [0.1, 0.15) is 5.82 Å². The summed E-state index contributed by atoms with van der Waals surface area (Å²) in [5.74, 6) is 1.14. The largest absolute Gasteiger partial charge is 0.349 e. The Morgan fingerprint density at radius 2 is 2.20 bits per heavy atom. The van der Waals surface area contributed by atoms with Crippen LogP contribution in [0.3, 0.4) is 0 Å². The second kappa shape index (κ2) is 2.58. The summed E-state index contributed by atoms with van der Waals surface area (Å²) >= 11 is 0. The van der Waals surface area contributed by atoms with Crippen LogP contribution in [0, 0.1) is 0 Å². The maximum atomic E-state index is 4.18. The van der Waals surface area contributed by atoms with Gasteiger partial charge in [-0.1, -0.05) is 19.6 Å². The molecule has 0 spiro atoms. The minimum atomic E-state index is -0.956. The van der Waals surface area contributed by atoms with E-state index in [2.05, 4.69) is 29.6 Å². The zero-order chi connectivity index (χ0) is 7.61. The number of hydrogen-bond acceptors (Lipinski definition) is 1. The zero-order valence-corrected chi connectivity index (χ0v) is 7.81. The van der Waals surface area contributed by atoms with E-state index in [1.807, 2.05) is 12.4 Å². The van der Waals surface area contributed by atoms with Gasteiger partial charge in [-0.3, -0.25) is 0 Å². The van der Waals surface area contributed by atoms with Crippen molar-refractivity contribution in [3.05, 3.63) is 18.2 Å². The molecule has 0 aromatic carbocycles. The monoisotopic (exact) mass is 154 g/mol. The van der Waals surface area contributed by atoms with Crippen LogP contribution >= 0.6 is 0 Å². The highest BCUT2D eigenvalue weighted by Crippen LogP contribution is 2.06. The average Bonchev–Trinajstić information content (AvgIpc) is 2.12. The molecule has 0 atom stereocenters. The third-order valence-electron chi connectivity index (χ3n) is 1.25. The number of rotatable bonds is 2. The van der Waals surface area contributed by atoms with E-state index in [0.717, 1.165) is 11.9 Å². The van der Waals surface area contributed by atoms with Gasteiger partial charge in [0, 0.05) is 18.4 Å². The highest BCUT2D eigenvalue weighted by atomic mass is 28.3. The van der Waals surface area contributed by atoms with Gasteiger partial charge in [-0.15, -0.1) is 0 Å². The Bertz CT molecular complexity index is 186. The summed E-state index contributed by atoms with van der Waals surface area (Å²) in [6.45, 7) is 7.03. The SMILES string of the molecule is C[Si](C)(C)Cc1ncc[nH]1. The number of nitrogens with one attached hydrogen (secondary N) is 1. The van der Waals surface area contributed by atoms with E-state index in [9.17, 15) is 0 Å². The number of imidazole rings is 1. The van der Waals surface area contributed by atoms with Gasteiger partial charge in [0.25, 0.3) is 0 Å². The van der Waals surface area contributed by atoms with E-state index >= 15 is 0 Å². The quantitative estimate of drug-likeness (QED) is 0.647. The van der Waals surface area contributed by atoms with Gasteiger partial charge in [-0.05, 0) is 0 Å².